The molecule has 1 aliphatic rings. The molecule has 1 fully saturated rings. The highest BCUT2D eigenvalue weighted by Gasteiger charge is 2.30. The number of nitrogens with zero attached hydrogens (tertiary/aromatic N) is 6. The van der Waals surface area contributed by atoms with E-state index < -0.39 is 0 Å². The lowest BCUT2D eigenvalue weighted by molar-refractivity contribution is 0.0955. The number of nitrogens with one attached hydrogen (secondary N) is 1. The fourth-order valence-electron chi connectivity index (χ4n) is 3.44. The van der Waals surface area contributed by atoms with Crippen LogP contribution in [0.4, 0.5) is 0 Å². The number of hydrogen-bond acceptors (Lipinski definition) is 6. The van der Waals surface area contributed by atoms with E-state index in [1.807, 2.05) is 48.1 Å². The van der Waals surface area contributed by atoms with E-state index in [0.29, 0.717) is 29.5 Å². The van der Waals surface area contributed by atoms with E-state index >= 15 is 0 Å². The lowest BCUT2D eigenvalue weighted by atomic mass is 10.3. The van der Waals surface area contributed by atoms with E-state index in [9.17, 15) is 9.59 Å². The number of aryl methyl sites for hydroxylation is 1. The van der Waals surface area contributed by atoms with Gasteiger partial charge in [0.1, 0.15) is 4.88 Å². The summed E-state index contributed by atoms with van der Waals surface area (Å²) in [5.41, 5.74) is 1.34. The standard InChI is InChI=1S/C21H21N7O2S/c1-14-17(31-20(24-14)26-10-2-3-11-26)19(29)23-9-12-27-21(30)28(16-6-7-16)18(25-27)15-5-4-8-22-13-15/h2-5,8,10-11,13,16H,6-7,9,12H2,1H3,(H,23,29). The number of amides is 1. The molecule has 4 aromatic rings. The minimum absolute atomic E-state index is 0.153. The Morgan fingerprint density at radius 1 is 1.26 bits per heavy atom. The number of hydrogen-bond donors (Lipinski definition) is 1. The van der Waals surface area contributed by atoms with Gasteiger partial charge in [-0.05, 0) is 44.0 Å². The molecule has 158 valence electrons. The highest BCUT2D eigenvalue weighted by Crippen LogP contribution is 2.36. The van der Waals surface area contributed by atoms with Crippen molar-refractivity contribution in [2.75, 3.05) is 6.54 Å². The molecule has 1 saturated carbocycles. The summed E-state index contributed by atoms with van der Waals surface area (Å²) < 4.78 is 5.04. The highest BCUT2D eigenvalue weighted by molar-refractivity contribution is 7.16. The van der Waals surface area contributed by atoms with Crippen LogP contribution in [-0.4, -0.2) is 41.3 Å². The van der Waals surface area contributed by atoms with Crippen LogP contribution in [0.15, 0.2) is 53.8 Å². The van der Waals surface area contributed by atoms with Crippen LogP contribution in [0.1, 0.15) is 34.2 Å². The van der Waals surface area contributed by atoms with Gasteiger partial charge in [0.25, 0.3) is 5.91 Å². The summed E-state index contributed by atoms with van der Waals surface area (Å²) in [4.78, 5) is 34.7. The van der Waals surface area contributed by atoms with Crippen molar-refractivity contribution in [2.24, 2.45) is 0 Å². The Balaban J connectivity index is 1.30. The van der Waals surface area contributed by atoms with Gasteiger partial charge in [-0.1, -0.05) is 11.3 Å². The maximum Gasteiger partial charge on any atom is 0.346 e. The topological polar surface area (TPSA) is 99.6 Å². The molecule has 1 amide bonds. The van der Waals surface area contributed by atoms with E-state index in [-0.39, 0.29) is 17.6 Å². The van der Waals surface area contributed by atoms with Gasteiger partial charge in [0.2, 0.25) is 0 Å². The van der Waals surface area contributed by atoms with Crippen LogP contribution in [0, 0.1) is 6.92 Å². The molecule has 0 radical (unpaired) electrons. The summed E-state index contributed by atoms with van der Waals surface area (Å²) in [7, 11) is 0. The fourth-order valence-corrected chi connectivity index (χ4v) is 4.39. The third-order valence-electron chi connectivity index (χ3n) is 5.13. The van der Waals surface area contributed by atoms with Crippen molar-refractivity contribution in [3.8, 4) is 16.5 Å². The summed E-state index contributed by atoms with van der Waals surface area (Å²) in [5, 5.41) is 8.16. The van der Waals surface area contributed by atoms with E-state index in [4.69, 9.17) is 0 Å². The van der Waals surface area contributed by atoms with Crippen LogP contribution in [0.5, 0.6) is 0 Å². The Morgan fingerprint density at radius 2 is 2.06 bits per heavy atom. The average molecular weight is 436 g/mol. The minimum atomic E-state index is -0.199. The highest BCUT2D eigenvalue weighted by atomic mass is 32.1. The summed E-state index contributed by atoms with van der Waals surface area (Å²) >= 11 is 1.34. The van der Waals surface area contributed by atoms with E-state index in [1.54, 1.807) is 17.0 Å². The molecule has 0 aliphatic heterocycles. The molecule has 0 bridgehead atoms. The molecule has 1 N–H and O–H groups in total. The van der Waals surface area contributed by atoms with Gasteiger partial charge in [0, 0.05) is 42.9 Å². The number of carbonyl (C=O) groups excluding carboxylic acids is 1. The largest absolute Gasteiger partial charge is 0.349 e. The Morgan fingerprint density at radius 3 is 2.77 bits per heavy atom. The van der Waals surface area contributed by atoms with Crippen LogP contribution in [-0.2, 0) is 6.54 Å². The monoisotopic (exact) mass is 435 g/mol. The van der Waals surface area contributed by atoms with Crippen LogP contribution in [0.25, 0.3) is 16.5 Å². The first-order valence-electron chi connectivity index (χ1n) is 10.1. The number of carbonyl (C=O) groups is 1. The predicted molar refractivity (Wildman–Crippen MR) is 117 cm³/mol. The van der Waals surface area contributed by atoms with Crippen molar-refractivity contribution in [1.29, 1.82) is 0 Å². The Hall–Kier alpha value is -3.53. The Kier molecular flexibility index (Phi) is 4.99. The normalized spacial score (nSPS) is 13.5. The summed E-state index contributed by atoms with van der Waals surface area (Å²) in [6, 6.07) is 7.74. The molecular formula is C21H21N7O2S. The quantitative estimate of drug-likeness (QED) is 0.481. The second kappa shape index (κ2) is 7.95. The number of thiazole rings is 1. The number of pyridine rings is 1. The molecule has 10 heteroatoms. The smallest absolute Gasteiger partial charge is 0.346 e. The van der Waals surface area contributed by atoms with Gasteiger partial charge < -0.3 is 9.88 Å². The first-order valence-corrected chi connectivity index (χ1v) is 10.9. The van der Waals surface area contributed by atoms with Crippen molar-refractivity contribution in [1.82, 2.24) is 34.2 Å². The molecule has 0 aromatic carbocycles. The Bertz CT molecular complexity index is 1270. The van der Waals surface area contributed by atoms with Gasteiger partial charge in [-0.25, -0.2) is 14.5 Å². The maximum atomic E-state index is 12.9. The summed E-state index contributed by atoms with van der Waals surface area (Å²) in [6.07, 6.45) is 9.14. The van der Waals surface area contributed by atoms with E-state index in [2.05, 4.69) is 20.4 Å². The molecule has 9 nitrogen and oxygen atoms in total. The Labute approximate surface area is 182 Å². The first-order chi connectivity index (χ1) is 15.1. The van der Waals surface area contributed by atoms with Crippen LogP contribution in [0.3, 0.4) is 0 Å². The zero-order chi connectivity index (χ0) is 21.4. The average Bonchev–Trinajstić information content (AvgIpc) is 3.17. The maximum absolute atomic E-state index is 12.9. The first kappa shape index (κ1) is 19.4. The fraction of sp³-hybridized carbons (Fsp3) is 0.286. The number of aromatic nitrogens is 6. The summed E-state index contributed by atoms with van der Waals surface area (Å²) in [5.74, 6) is 0.428. The second-order valence-electron chi connectivity index (χ2n) is 7.43. The van der Waals surface area contributed by atoms with Crippen molar-refractivity contribution < 1.29 is 4.79 Å². The molecule has 4 heterocycles. The van der Waals surface area contributed by atoms with E-state index in [1.165, 1.54) is 16.0 Å². The van der Waals surface area contributed by atoms with Gasteiger partial charge in [0.15, 0.2) is 11.0 Å². The van der Waals surface area contributed by atoms with Crippen molar-refractivity contribution in [3.05, 3.63) is 70.1 Å². The van der Waals surface area contributed by atoms with Crippen molar-refractivity contribution >= 4 is 17.2 Å². The van der Waals surface area contributed by atoms with Crippen LogP contribution in [0.2, 0.25) is 0 Å². The van der Waals surface area contributed by atoms with Crippen LogP contribution >= 0.6 is 11.3 Å². The van der Waals surface area contributed by atoms with Gasteiger partial charge in [-0.3, -0.25) is 14.3 Å². The molecule has 0 spiro atoms. The molecule has 5 rings (SSSR count). The minimum Gasteiger partial charge on any atom is -0.349 e. The second-order valence-corrected chi connectivity index (χ2v) is 8.41. The zero-order valence-electron chi connectivity index (χ0n) is 16.9. The lowest BCUT2D eigenvalue weighted by Crippen LogP contribution is -2.32. The van der Waals surface area contributed by atoms with Gasteiger partial charge >= 0.3 is 5.69 Å². The molecule has 0 unspecified atom stereocenters. The zero-order valence-corrected chi connectivity index (χ0v) is 17.7. The van der Waals surface area contributed by atoms with Gasteiger partial charge in [0.05, 0.1) is 12.2 Å². The molecular weight excluding hydrogens is 414 g/mol. The predicted octanol–water partition coefficient (Wildman–Crippen LogP) is 2.43. The van der Waals surface area contributed by atoms with Crippen molar-refractivity contribution in [3.63, 3.8) is 0 Å². The van der Waals surface area contributed by atoms with Crippen molar-refractivity contribution in [2.45, 2.75) is 32.4 Å². The SMILES string of the molecule is Cc1nc(-n2cccc2)sc1C(=O)NCCn1nc(-c2cccnc2)n(C2CC2)c1=O. The number of rotatable bonds is 7. The molecule has 0 atom stereocenters. The van der Waals surface area contributed by atoms with E-state index in [0.717, 1.165) is 23.5 Å². The van der Waals surface area contributed by atoms with Gasteiger partial charge in [-0.15, -0.1) is 5.10 Å². The van der Waals surface area contributed by atoms with Crippen LogP contribution < -0.4 is 11.0 Å². The third-order valence-corrected chi connectivity index (χ3v) is 6.30. The molecule has 4 aromatic heterocycles. The molecule has 1 aliphatic carbocycles. The van der Waals surface area contributed by atoms with Gasteiger partial charge in [-0.2, -0.15) is 0 Å². The molecule has 0 saturated heterocycles. The third kappa shape index (κ3) is 3.81. The summed E-state index contributed by atoms with van der Waals surface area (Å²) in [6.45, 7) is 2.41. The molecule has 31 heavy (non-hydrogen) atoms. The lowest BCUT2D eigenvalue weighted by Gasteiger charge is -2.03.